The van der Waals surface area contributed by atoms with E-state index in [1.807, 2.05) is 6.07 Å². The maximum Gasteiger partial charge on any atom is 0.525 e. The van der Waals surface area contributed by atoms with Crippen LogP contribution in [0.4, 0.5) is 19.3 Å². The number of carboxylic acid groups (broad SMARTS) is 1. The Morgan fingerprint density at radius 3 is 2.39 bits per heavy atom. The molecule has 41 heavy (non-hydrogen) atoms. The van der Waals surface area contributed by atoms with Gasteiger partial charge in [0.15, 0.2) is 0 Å². The summed E-state index contributed by atoms with van der Waals surface area (Å²) in [5.41, 5.74) is 2.27. The number of aliphatic hydroxyl groups excluding tert-OH is 1. The fraction of sp³-hybridized carbons (Fsp3) is 0.333. The molecule has 0 spiro atoms. The van der Waals surface area contributed by atoms with Gasteiger partial charge >= 0.3 is 6.16 Å². The van der Waals surface area contributed by atoms with Gasteiger partial charge in [0, 0.05) is 30.9 Å². The number of hydrogen-bond acceptors (Lipinski definition) is 7. The second-order valence-corrected chi connectivity index (χ2v) is 10.3. The monoisotopic (exact) mass is 567 g/mol. The van der Waals surface area contributed by atoms with Crippen LogP contribution in [-0.2, 0) is 16.1 Å². The van der Waals surface area contributed by atoms with E-state index in [0.29, 0.717) is 49.3 Å². The molecule has 2 saturated heterocycles. The van der Waals surface area contributed by atoms with Gasteiger partial charge in [-0.3, -0.25) is 4.79 Å². The first-order valence-corrected chi connectivity index (χ1v) is 13.4. The van der Waals surface area contributed by atoms with Gasteiger partial charge in [0.25, 0.3) is 0 Å². The molecule has 4 atom stereocenters. The number of piperazine rings is 1. The van der Waals surface area contributed by atoms with E-state index in [-0.39, 0.29) is 24.1 Å². The molecule has 11 heteroatoms. The molecule has 2 aliphatic rings. The van der Waals surface area contributed by atoms with Crippen molar-refractivity contribution in [1.29, 1.82) is 0 Å². The van der Waals surface area contributed by atoms with E-state index < -0.39 is 35.9 Å². The minimum atomic E-state index is -1.39. The summed E-state index contributed by atoms with van der Waals surface area (Å²) in [5, 5.41) is 35.5. The lowest BCUT2D eigenvalue weighted by Crippen LogP contribution is -2.55. The van der Waals surface area contributed by atoms with Crippen LogP contribution >= 0.6 is 0 Å². The van der Waals surface area contributed by atoms with Crippen molar-refractivity contribution in [3.8, 4) is 5.75 Å². The van der Waals surface area contributed by atoms with Gasteiger partial charge in [-0.05, 0) is 72.9 Å². The maximum absolute atomic E-state index is 13.6. The van der Waals surface area contributed by atoms with Crippen LogP contribution in [0.5, 0.6) is 5.75 Å². The van der Waals surface area contributed by atoms with E-state index in [9.17, 15) is 28.6 Å². The van der Waals surface area contributed by atoms with Gasteiger partial charge in [0.2, 0.25) is 5.91 Å². The molecule has 2 aliphatic heterocycles. The van der Waals surface area contributed by atoms with Crippen molar-refractivity contribution in [2.75, 3.05) is 24.5 Å². The van der Waals surface area contributed by atoms with Crippen molar-refractivity contribution >= 4 is 17.7 Å². The topological polar surface area (TPSA) is 123 Å². The SMILES string of the molecule is O=C(O)ON1CCNCC1Cc1ccc(C2C(CCC(O)c3ccc(F)cc3)C(=O)N2c2ccc(F)cc2)c(O)c1. The maximum atomic E-state index is 13.6. The van der Waals surface area contributed by atoms with E-state index in [2.05, 4.69) is 5.32 Å². The third-order valence-electron chi connectivity index (χ3n) is 7.70. The molecule has 3 aromatic rings. The first kappa shape index (κ1) is 28.5. The number of hydrogen-bond donors (Lipinski definition) is 4. The molecule has 0 aromatic heterocycles. The number of phenolic OH excluding ortho intramolecular Hbond substituents is 1. The number of anilines is 1. The number of amides is 1. The number of β-lactam (4-membered cyclic amide) rings is 1. The summed E-state index contributed by atoms with van der Waals surface area (Å²) in [5.74, 6) is -1.67. The summed E-state index contributed by atoms with van der Waals surface area (Å²) in [6, 6.07) is 15.4. The lowest BCUT2D eigenvalue weighted by atomic mass is 9.77. The molecule has 0 saturated carbocycles. The van der Waals surface area contributed by atoms with E-state index in [0.717, 1.165) is 5.56 Å². The molecule has 216 valence electrons. The Kier molecular flexibility index (Phi) is 8.48. The first-order valence-electron chi connectivity index (χ1n) is 13.4. The van der Waals surface area contributed by atoms with Crippen LogP contribution in [0.3, 0.4) is 0 Å². The van der Waals surface area contributed by atoms with Crippen molar-refractivity contribution in [3.63, 3.8) is 0 Å². The highest BCUT2D eigenvalue weighted by Gasteiger charge is 2.49. The number of benzene rings is 3. The summed E-state index contributed by atoms with van der Waals surface area (Å²) in [4.78, 5) is 30.8. The molecule has 0 radical (unpaired) electrons. The summed E-state index contributed by atoms with van der Waals surface area (Å²) < 4.78 is 26.9. The van der Waals surface area contributed by atoms with Crippen LogP contribution in [0.15, 0.2) is 66.7 Å². The molecule has 1 amide bonds. The number of aliphatic hydroxyl groups is 1. The molecule has 9 nitrogen and oxygen atoms in total. The van der Waals surface area contributed by atoms with Gasteiger partial charge in [-0.25, -0.2) is 13.6 Å². The van der Waals surface area contributed by atoms with Crippen molar-refractivity contribution < 1.29 is 38.5 Å². The molecular weight excluding hydrogens is 536 g/mol. The Bertz CT molecular complexity index is 1390. The molecule has 2 heterocycles. The second-order valence-electron chi connectivity index (χ2n) is 10.3. The van der Waals surface area contributed by atoms with Crippen molar-refractivity contribution in [3.05, 3.63) is 95.1 Å². The Morgan fingerprint density at radius 2 is 1.73 bits per heavy atom. The van der Waals surface area contributed by atoms with Crippen molar-refractivity contribution in [1.82, 2.24) is 10.4 Å². The van der Waals surface area contributed by atoms with Crippen LogP contribution in [0.2, 0.25) is 0 Å². The zero-order valence-corrected chi connectivity index (χ0v) is 22.1. The fourth-order valence-corrected chi connectivity index (χ4v) is 5.64. The summed E-state index contributed by atoms with van der Waals surface area (Å²) in [6.45, 7) is 1.48. The zero-order valence-electron chi connectivity index (χ0n) is 22.1. The molecule has 0 aliphatic carbocycles. The second kappa shape index (κ2) is 12.2. The van der Waals surface area contributed by atoms with Crippen LogP contribution in [-0.4, -0.2) is 58.1 Å². The van der Waals surface area contributed by atoms with Crippen LogP contribution in [0, 0.1) is 17.6 Å². The van der Waals surface area contributed by atoms with Crippen molar-refractivity contribution in [2.45, 2.75) is 37.5 Å². The average Bonchev–Trinajstić information content (AvgIpc) is 2.94. The molecule has 4 unspecified atom stereocenters. The Labute approximate surface area is 235 Å². The minimum Gasteiger partial charge on any atom is -0.508 e. The Morgan fingerprint density at radius 1 is 1.05 bits per heavy atom. The Balaban J connectivity index is 1.37. The van der Waals surface area contributed by atoms with E-state index in [1.54, 1.807) is 12.1 Å². The molecule has 0 bridgehead atoms. The van der Waals surface area contributed by atoms with Gasteiger partial charge in [-0.2, -0.15) is 0 Å². The van der Waals surface area contributed by atoms with Gasteiger partial charge in [-0.15, -0.1) is 5.06 Å². The summed E-state index contributed by atoms with van der Waals surface area (Å²) >= 11 is 0. The predicted octanol–water partition coefficient (Wildman–Crippen LogP) is 4.31. The minimum absolute atomic E-state index is 0.0364. The largest absolute Gasteiger partial charge is 0.525 e. The number of rotatable bonds is 9. The highest BCUT2D eigenvalue weighted by molar-refractivity contribution is 6.03. The lowest BCUT2D eigenvalue weighted by Gasteiger charge is -2.48. The fourth-order valence-electron chi connectivity index (χ4n) is 5.64. The normalized spacial score (nSPS) is 21.8. The van der Waals surface area contributed by atoms with Crippen LogP contribution in [0.1, 0.15) is 41.7 Å². The van der Waals surface area contributed by atoms with Crippen LogP contribution < -0.4 is 10.2 Å². The van der Waals surface area contributed by atoms with Gasteiger partial charge in [0.05, 0.1) is 24.1 Å². The van der Waals surface area contributed by atoms with Gasteiger partial charge in [0.1, 0.15) is 17.4 Å². The number of carbonyl (C=O) groups is 2. The molecule has 5 rings (SSSR count). The summed E-state index contributed by atoms with van der Waals surface area (Å²) in [7, 11) is 0. The third kappa shape index (κ3) is 6.32. The molecule has 4 N–H and O–H groups in total. The number of nitrogens with zero attached hydrogens (tertiary/aromatic N) is 2. The molecule has 2 fully saturated rings. The quantitative estimate of drug-likeness (QED) is 0.282. The number of hydroxylamine groups is 2. The summed E-state index contributed by atoms with van der Waals surface area (Å²) in [6.07, 6.45) is -1.34. The zero-order chi connectivity index (χ0) is 29.1. The first-order chi connectivity index (χ1) is 19.7. The van der Waals surface area contributed by atoms with E-state index >= 15 is 0 Å². The number of phenols is 1. The number of nitrogens with one attached hydrogen (secondary N) is 1. The highest BCUT2D eigenvalue weighted by Crippen LogP contribution is 2.48. The number of carbonyl (C=O) groups excluding carboxylic acids is 1. The Hall–Kier alpha value is -4.06. The molecular formula is C30H31F2N3O6. The van der Waals surface area contributed by atoms with Gasteiger partial charge in [-0.1, -0.05) is 24.3 Å². The van der Waals surface area contributed by atoms with E-state index in [1.165, 1.54) is 58.5 Å². The molecule has 3 aromatic carbocycles. The average molecular weight is 568 g/mol. The standard InChI is InChI=1S/C30H31F2N3O6/c31-20-4-2-19(3-5-20)26(36)12-11-25-28(35(29(25)38)22-8-6-21(32)7-9-22)24-10-1-18(16-27(24)37)15-23-17-33-13-14-34(23)41-30(39)40/h1-10,16,23,25-26,28,33,36-37H,11-15,17H2,(H,39,40). The lowest BCUT2D eigenvalue weighted by molar-refractivity contribution is -0.154. The number of aromatic hydroxyl groups is 1. The van der Waals surface area contributed by atoms with Crippen molar-refractivity contribution in [2.24, 2.45) is 5.92 Å². The highest BCUT2D eigenvalue weighted by atomic mass is 19.1. The van der Waals surface area contributed by atoms with E-state index in [4.69, 9.17) is 9.94 Å². The van der Waals surface area contributed by atoms with Gasteiger partial charge < -0.3 is 30.4 Å². The third-order valence-corrected chi connectivity index (χ3v) is 7.70. The number of halogens is 2. The predicted molar refractivity (Wildman–Crippen MR) is 145 cm³/mol. The smallest absolute Gasteiger partial charge is 0.508 e. The van der Waals surface area contributed by atoms with Crippen LogP contribution in [0.25, 0.3) is 0 Å².